The standard InChI is InChI=1S/C21H19FN4O2/c1-11-24-19-16(22)9-14(10-18(19)28-11)13-2-3-17-15(8-13)21(27)26-20(25-17)12-4-6-23-7-5-12/h2-3,8-10,12,23H,4-7H2,1H3,(H,25,26,27). The maximum atomic E-state index is 14.4. The van der Waals surface area contributed by atoms with Gasteiger partial charge < -0.3 is 14.7 Å². The Kier molecular flexibility index (Phi) is 3.98. The van der Waals surface area contributed by atoms with Crippen LogP contribution in [0.5, 0.6) is 0 Å². The van der Waals surface area contributed by atoms with Gasteiger partial charge in [0.25, 0.3) is 5.56 Å². The largest absolute Gasteiger partial charge is 0.441 e. The second-order valence-corrected chi connectivity index (χ2v) is 7.25. The van der Waals surface area contributed by atoms with E-state index in [1.807, 2.05) is 12.1 Å². The number of aromatic amines is 1. The molecule has 0 aliphatic carbocycles. The number of halogens is 1. The number of benzene rings is 2. The number of nitrogens with one attached hydrogen (secondary N) is 2. The lowest BCUT2D eigenvalue weighted by Crippen LogP contribution is -2.28. The summed E-state index contributed by atoms with van der Waals surface area (Å²) in [5.74, 6) is 0.981. The first-order valence-electron chi connectivity index (χ1n) is 9.40. The average Bonchev–Trinajstić information content (AvgIpc) is 3.09. The Hall–Kier alpha value is -3.06. The second kappa shape index (κ2) is 6.53. The van der Waals surface area contributed by atoms with E-state index >= 15 is 0 Å². The molecule has 1 fully saturated rings. The SMILES string of the molecule is Cc1nc2c(F)cc(-c3ccc4nc(C5CCNCC5)[nH]c(=O)c4c3)cc2o1. The van der Waals surface area contributed by atoms with E-state index in [0.717, 1.165) is 37.3 Å². The lowest BCUT2D eigenvalue weighted by Gasteiger charge is -2.21. The van der Waals surface area contributed by atoms with Gasteiger partial charge in [-0.25, -0.2) is 14.4 Å². The van der Waals surface area contributed by atoms with E-state index in [1.54, 1.807) is 19.1 Å². The van der Waals surface area contributed by atoms with E-state index in [9.17, 15) is 9.18 Å². The second-order valence-electron chi connectivity index (χ2n) is 7.25. The molecule has 2 aromatic carbocycles. The molecule has 0 saturated carbocycles. The fourth-order valence-corrected chi connectivity index (χ4v) is 3.89. The quantitative estimate of drug-likeness (QED) is 0.556. The van der Waals surface area contributed by atoms with Crippen molar-refractivity contribution in [3.05, 3.63) is 58.2 Å². The molecule has 1 aliphatic rings. The third-order valence-electron chi connectivity index (χ3n) is 5.34. The molecule has 0 spiro atoms. The zero-order valence-corrected chi connectivity index (χ0v) is 15.4. The number of aryl methyl sites for hydroxylation is 1. The molecule has 6 nitrogen and oxygen atoms in total. The van der Waals surface area contributed by atoms with E-state index in [1.165, 1.54) is 6.07 Å². The fourth-order valence-electron chi connectivity index (χ4n) is 3.89. The molecule has 4 aromatic rings. The first-order valence-corrected chi connectivity index (χ1v) is 9.40. The molecule has 2 N–H and O–H groups in total. The topological polar surface area (TPSA) is 83.8 Å². The Labute approximate surface area is 159 Å². The summed E-state index contributed by atoms with van der Waals surface area (Å²) in [6.45, 7) is 3.54. The fraction of sp³-hybridized carbons (Fsp3) is 0.286. The molecule has 2 aromatic heterocycles. The minimum atomic E-state index is -0.447. The van der Waals surface area contributed by atoms with Crippen molar-refractivity contribution in [3.63, 3.8) is 0 Å². The summed E-state index contributed by atoms with van der Waals surface area (Å²) in [7, 11) is 0. The predicted octanol–water partition coefficient (Wildman–Crippen LogP) is 3.65. The molecule has 0 radical (unpaired) electrons. The zero-order chi connectivity index (χ0) is 19.3. The number of H-pyrrole nitrogens is 1. The zero-order valence-electron chi connectivity index (χ0n) is 15.4. The molecule has 3 heterocycles. The Balaban J connectivity index is 1.60. The van der Waals surface area contributed by atoms with Crippen LogP contribution in [0, 0.1) is 12.7 Å². The number of hydrogen-bond acceptors (Lipinski definition) is 5. The lowest BCUT2D eigenvalue weighted by molar-refractivity contribution is 0.445. The van der Waals surface area contributed by atoms with Gasteiger partial charge in [-0.15, -0.1) is 0 Å². The highest BCUT2D eigenvalue weighted by molar-refractivity contribution is 5.87. The summed E-state index contributed by atoms with van der Waals surface area (Å²) in [5, 5.41) is 3.81. The summed E-state index contributed by atoms with van der Waals surface area (Å²) < 4.78 is 19.9. The summed E-state index contributed by atoms with van der Waals surface area (Å²) >= 11 is 0. The smallest absolute Gasteiger partial charge is 0.258 e. The summed E-state index contributed by atoms with van der Waals surface area (Å²) in [6.07, 6.45) is 1.92. The number of oxazole rings is 1. The van der Waals surface area contributed by atoms with Gasteiger partial charge in [0.2, 0.25) is 0 Å². The number of fused-ring (bicyclic) bond motifs is 2. The van der Waals surface area contributed by atoms with Crippen LogP contribution < -0.4 is 10.9 Å². The molecule has 7 heteroatoms. The molecule has 0 atom stereocenters. The van der Waals surface area contributed by atoms with Crippen molar-refractivity contribution >= 4 is 22.0 Å². The van der Waals surface area contributed by atoms with Crippen molar-refractivity contribution in [2.75, 3.05) is 13.1 Å². The van der Waals surface area contributed by atoms with Crippen LogP contribution in [0.4, 0.5) is 4.39 Å². The highest BCUT2D eigenvalue weighted by Gasteiger charge is 2.19. The van der Waals surface area contributed by atoms with Gasteiger partial charge in [-0.3, -0.25) is 4.79 Å². The van der Waals surface area contributed by atoms with Crippen LogP contribution in [-0.2, 0) is 0 Å². The number of nitrogens with zero attached hydrogens (tertiary/aromatic N) is 2. The normalized spacial score (nSPS) is 15.5. The van der Waals surface area contributed by atoms with Gasteiger partial charge in [0.1, 0.15) is 11.3 Å². The minimum absolute atomic E-state index is 0.169. The Morgan fingerprint density at radius 1 is 1.11 bits per heavy atom. The third kappa shape index (κ3) is 2.88. The lowest BCUT2D eigenvalue weighted by atomic mass is 9.97. The van der Waals surface area contributed by atoms with Crippen molar-refractivity contribution < 1.29 is 8.81 Å². The van der Waals surface area contributed by atoms with Crippen molar-refractivity contribution in [3.8, 4) is 11.1 Å². The van der Waals surface area contributed by atoms with Crippen LogP contribution in [0.25, 0.3) is 33.1 Å². The van der Waals surface area contributed by atoms with E-state index in [4.69, 9.17) is 4.42 Å². The number of piperidine rings is 1. The van der Waals surface area contributed by atoms with Crippen LogP contribution in [0.2, 0.25) is 0 Å². The molecule has 142 valence electrons. The number of aromatic nitrogens is 3. The van der Waals surface area contributed by atoms with Crippen LogP contribution >= 0.6 is 0 Å². The van der Waals surface area contributed by atoms with Crippen molar-refractivity contribution in [2.24, 2.45) is 0 Å². The molecule has 28 heavy (non-hydrogen) atoms. The van der Waals surface area contributed by atoms with Crippen molar-refractivity contribution in [2.45, 2.75) is 25.7 Å². The Bertz CT molecular complexity index is 1250. The molecule has 1 saturated heterocycles. The van der Waals surface area contributed by atoms with Crippen molar-refractivity contribution in [1.82, 2.24) is 20.3 Å². The van der Waals surface area contributed by atoms with Crippen LogP contribution in [0.15, 0.2) is 39.5 Å². The van der Waals surface area contributed by atoms with Gasteiger partial charge in [-0.2, -0.15) is 0 Å². The van der Waals surface area contributed by atoms with E-state index in [2.05, 4.69) is 20.3 Å². The molecule has 0 bridgehead atoms. The van der Waals surface area contributed by atoms with E-state index in [-0.39, 0.29) is 17.0 Å². The summed E-state index contributed by atoms with van der Waals surface area (Å²) in [4.78, 5) is 24.4. The Morgan fingerprint density at radius 3 is 2.75 bits per heavy atom. The van der Waals surface area contributed by atoms with Gasteiger partial charge in [0.15, 0.2) is 17.3 Å². The third-order valence-corrected chi connectivity index (χ3v) is 5.34. The summed E-state index contributed by atoms with van der Waals surface area (Å²) in [6, 6.07) is 8.57. The van der Waals surface area contributed by atoms with E-state index in [0.29, 0.717) is 27.9 Å². The van der Waals surface area contributed by atoms with Crippen LogP contribution in [0.1, 0.15) is 30.5 Å². The molecule has 0 unspecified atom stereocenters. The van der Waals surface area contributed by atoms with Crippen LogP contribution in [-0.4, -0.2) is 28.0 Å². The molecular formula is C21H19FN4O2. The first kappa shape index (κ1) is 17.1. The van der Waals surface area contributed by atoms with Gasteiger partial charge in [-0.05, 0) is 61.3 Å². The minimum Gasteiger partial charge on any atom is -0.441 e. The molecular weight excluding hydrogens is 359 g/mol. The van der Waals surface area contributed by atoms with Crippen molar-refractivity contribution in [1.29, 1.82) is 0 Å². The first-order chi connectivity index (χ1) is 13.6. The predicted molar refractivity (Wildman–Crippen MR) is 105 cm³/mol. The average molecular weight is 378 g/mol. The van der Waals surface area contributed by atoms with Gasteiger partial charge in [0, 0.05) is 12.8 Å². The highest BCUT2D eigenvalue weighted by Crippen LogP contribution is 2.29. The van der Waals surface area contributed by atoms with Gasteiger partial charge in [0.05, 0.1) is 10.9 Å². The maximum Gasteiger partial charge on any atom is 0.258 e. The molecule has 5 rings (SSSR count). The maximum absolute atomic E-state index is 14.4. The van der Waals surface area contributed by atoms with Gasteiger partial charge in [-0.1, -0.05) is 6.07 Å². The molecule has 1 aliphatic heterocycles. The van der Waals surface area contributed by atoms with Gasteiger partial charge >= 0.3 is 0 Å². The van der Waals surface area contributed by atoms with E-state index < -0.39 is 5.82 Å². The number of rotatable bonds is 2. The number of hydrogen-bond donors (Lipinski definition) is 2. The Morgan fingerprint density at radius 2 is 1.93 bits per heavy atom. The summed E-state index contributed by atoms with van der Waals surface area (Å²) in [5.41, 5.74) is 2.44. The molecule has 0 amide bonds. The van der Waals surface area contributed by atoms with Crippen LogP contribution in [0.3, 0.4) is 0 Å². The highest BCUT2D eigenvalue weighted by atomic mass is 19.1. The monoisotopic (exact) mass is 378 g/mol.